The first-order valence-corrected chi connectivity index (χ1v) is 5.73. The molecule has 0 fully saturated rings. The van der Waals surface area contributed by atoms with Crippen molar-refractivity contribution in [2.45, 2.75) is 6.42 Å². The van der Waals surface area contributed by atoms with Gasteiger partial charge >= 0.3 is 0 Å². The number of nitrogen functional groups attached to an aromatic ring is 1. The van der Waals surface area contributed by atoms with Crippen molar-refractivity contribution < 1.29 is 9.50 Å². The largest absolute Gasteiger partial charge is 0.505 e. The Labute approximate surface area is 113 Å². The third kappa shape index (κ3) is 2.25. The van der Waals surface area contributed by atoms with Gasteiger partial charge in [-0.25, -0.2) is 4.39 Å². The Bertz CT molecular complexity index is 723. The minimum atomic E-state index is -0.537. The van der Waals surface area contributed by atoms with Crippen molar-refractivity contribution in [2.24, 2.45) is 12.2 Å². The second-order valence-corrected chi connectivity index (χ2v) is 4.32. The minimum absolute atomic E-state index is 0.0112. The molecular formula is C13H12FN3O3. The lowest BCUT2D eigenvalue weighted by Gasteiger charge is -2.11. The predicted molar refractivity (Wildman–Crippen MR) is 72.4 cm³/mol. The fourth-order valence-corrected chi connectivity index (χ4v) is 1.89. The van der Waals surface area contributed by atoms with Crippen molar-refractivity contribution in [3.05, 3.63) is 56.5 Å². The Balaban J connectivity index is 2.57. The van der Waals surface area contributed by atoms with Gasteiger partial charge in [-0.3, -0.25) is 9.36 Å². The summed E-state index contributed by atoms with van der Waals surface area (Å²) in [7, 11) is 1.37. The van der Waals surface area contributed by atoms with Crippen LogP contribution in [0.4, 0.5) is 15.9 Å². The molecule has 0 spiro atoms. The molecule has 0 saturated heterocycles. The van der Waals surface area contributed by atoms with Crippen LogP contribution in [-0.4, -0.2) is 9.67 Å². The number of aromatic hydroxyl groups is 1. The summed E-state index contributed by atoms with van der Waals surface area (Å²) in [4.78, 5) is 22.8. The van der Waals surface area contributed by atoms with Gasteiger partial charge in [0.25, 0.3) is 5.56 Å². The average Bonchev–Trinajstić information content (AvgIpc) is 2.44. The normalized spacial score (nSPS) is 10.5. The summed E-state index contributed by atoms with van der Waals surface area (Å²) in [5.41, 5.74) is 5.23. The molecular weight excluding hydrogens is 265 g/mol. The number of hydrogen-bond donors (Lipinski definition) is 2. The predicted octanol–water partition coefficient (Wildman–Crippen LogP) is 1.80. The summed E-state index contributed by atoms with van der Waals surface area (Å²) < 4.78 is 13.9. The van der Waals surface area contributed by atoms with Gasteiger partial charge < -0.3 is 10.8 Å². The molecule has 0 atom stereocenters. The van der Waals surface area contributed by atoms with Crippen LogP contribution in [0.25, 0.3) is 0 Å². The van der Waals surface area contributed by atoms with Gasteiger partial charge in [-0.1, -0.05) is 12.1 Å². The Morgan fingerprint density at radius 1 is 1.35 bits per heavy atom. The van der Waals surface area contributed by atoms with E-state index in [0.717, 1.165) is 4.57 Å². The molecule has 0 radical (unpaired) electrons. The number of nitrogens with two attached hydrogens (primary N) is 1. The summed E-state index contributed by atoms with van der Waals surface area (Å²) in [6.45, 7) is 0. The van der Waals surface area contributed by atoms with Crippen molar-refractivity contribution >= 4 is 11.5 Å². The van der Waals surface area contributed by atoms with Crippen LogP contribution in [0.1, 0.15) is 11.1 Å². The van der Waals surface area contributed by atoms with Gasteiger partial charge in [0.15, 0.2) is 11.4 Å². The second-order valence-electron chi connectivity index (χ2n) is 4.32. The number of nitroso groups, excluding NO2 is 1. The van der Waals surface area contributed by atoms with Crippen LogP contribution >= 0.6 is 0 Å². The van der Waals surface area contributed by atoms with Gasteiger partial charge in [0.05, 0.1) is 5.56 Å². The summed E-state index contributed by atoms with van der Waals surface area (Å²) in [5.74, 6) is -1.14. The molecule has 0 bridgehead atoms. The number of pyridine rings is 1. The first-order valence-electron chi connectivity index (χ1n) is 5.73. The number of halogens is 1. The summed E-state index contributed by atoms with van der Waals surface area (Å²) in [6, 6.07) is 5.46. The van der Waals surface area contributed by atoms with Crippen LogP contribution in [0, 0.1) is 10.7 Å². The number of rotatable bonds is 3. The maximum Gasteiger partial charge on any atom is 0.259 e. The topological polar surface area (TPSA) is 97.7 Å². The summed E-state index contributed by atoms with van der Waals surface area (Å²) >= 11 is 0. The molecule has 1 heterocycles. The monoisotopic (exact) mass is 277 g/mol. The number of nitrogens with zero attached hydrogens (tertiary/aromatic N) is 2. The fourth-order valence-electron chi connectivity index (χ4n) is 1.89. The highest BCUT2D eigenvalue weighted by atomic mass is 19.1. The number of benzene rings is 1. The Kier molecular flexibility index (Phi) is 3.51. The van der Waals surface area contributed by atoms with E-state index in [2.05, 4.69) is 5.18 Å². The van der Waals surface area contributed by atoms with Crippen molar-refractivity contribution in [2.75, 3.05) is 5.73 Å². The molecule has 2 rings (SSSR count). The zero-order chi connectivity index (χ0) is 14.9. The number of aromatic nitrogens is 1. The molecule has 0 saturated carbocycles. The smallest absolute Gasteiger partial charge is 0.259 e. The van der Waals surface area contributed by atoms with Gasteiger partial charge in [-0.2, -0.15) is 0 Å². The van der Waals surface area contributed by atoms with Gasteiger partial charge in [0.1, 0.15) is 11.6 Å². The molecule has 104 valence electrons. The number of hydrogen-bond acceptors (Lipinski definition) is 5. The minimum Gasteiger partial charge on any atom is -0.505 e. The molecule has 20 heavy (non-hydrogen) atoms. The van der Waals surface area contributed by atoms with E-state index in [1.54, 1.807) is 0 Å². The molecule has 1 aromatic carbocycles. The van der Waals surface area contributed by atoms with E-state index >= 15 is 0 Å². The fraction of sp³-hybridized carbons (Fsp3) is 0.154. The molecule has 6 nitrogen and oxygen atoms in total. The van der Waals surface area contributed by atoms with Crippen molar-refractivity contribution in [3.63, 3.8) is 0 Å². The molecule has 7 heteroatoms. The van der Waals surface area contributed by atoms with E-state index in [-0.39, 0.29) is 23.5 Å². The maximum atomic E-state index is 12.8. The van der Waals surface area contributed by atoms with Crippen LogP contribution < -0.4 is 11.3 Å². The lowest BCUT2D eigenvalue weighted by atomic mass is 10.0. The Morgan fingerprint density at radius 2 is 1.95 bits per heavy atom. The van der Waals surface area contributed by atoms with Gasteiger partial charge in [-0.05, 0) is 22.9 Å². The lowest BCUT2D eigenvalue weighted by molar-refractivity contribution is 0.467. The molecule has 3 N–H and O–H groups in total. The zero-order valence-corrected chi connectivity index (χ0v) is 10.6. The first kappa shape index (κ1) is 13.7. The summed E-state index contributed by atoms with van der Waals surface area (Å²) in [5, 5.41) is 12.6. The Morgan fingerprint density at radius 3 is 2.50 bits per heavy atom. The van der Waals surface area contributed by atoms with E-state index in [0.29, 0.717) is 5.56 Å². The highest BCUT2D eigenvalue weighted by Gasteiger charge is 2.19. The zero-order valence-electron chi connectivity index (χ0n) is 10.6. The third-order valence-electron chi connectivity index (χ3n) is 3.06. The van der Waals surface area contributed by atoms with Crippen LogP contribution in [0.5, 0.6) is 5.75 Å². The first-order chi connectivity index (χ1) is 9.45. The van der Waals surface area contributed by atoms with E-state index in [1.807, 2.05) is 0 Å². The van der Waals surface area contributed by atoms with Crippen molar-refractivity contribution in [1.82, 2.24) is 4.57 Å². The standard InChI is InChI=1S/C13H12FN3O3/c1-17-12(15)10(16-20)11(18)9(13(17)19)6-7-2-4-8(14)5-3-7/h2-5,18H,6,15H2,1H3. The van der Waals surface area contributed by atoms with Crippen LogP contribution in [-0.2, 0) is 13.5 Å². The molecule has 0 aliphatic carbocycles. The van der Waals surface area contributed by atoms with Gasteiger partial charge in [0.2, 0.25) is 0 Å². The van der Waals surface area contributed by atoms with Crippen LogP contribution in [0.15, 0.2) is 34.2 Å². The summed E-state index contributed by atoms with van der Waals surface area (Å²) in [6.07, 6.45) is 0.0432. The average molecular weight is 277 g/mol. The van der Waals surface area contributed by atoms with Gasteiger partial charge in [-0.15, -0.1) is 4.91 Å². The van der Waals surface area contributed by atoms with Gasteiger partial charge in [0, 0.05) is 13.5 Å². The maximum absolute atomic E-state index is 12.8. The molecule has 0 aliphatic rings. The van der Waals surface area contributed by atoms with E-state index in [1.165, 1.54) is 31.3 Å². The molecule has 1 aromatic heterocycles. The highest BCUT2D eigenvalue weighted by Crippen LogP contribution is 2.34. The number of anilines is 1. The van der Waals surface area contributed by atoms with E-state index in [4.69, 9.17) is 5.73 Å². The van der Waals surface area contributed by atoms with E-state index in [9.17, 15) is 19.2 Å². The van der Waals surface area contributed by atoms with Crippen LogP contribution in [0.3, 0.4) is 0 Å². The van der Waals surface area contributed by atoms with Crippen molar-refractivity contribution in [3.8, 4) is 5.75 Å². The van der Waals surface area contributed by atoms with Crippen LogP contribution in [0.2, 0.25) is 0 Å². The van der Waals surface area contributed by atoms with E-state index < -0.39 is 17.1 Å². The SMILES string of the molecule is Cn1c(N)c(N=O)c(O)c(Cc2ccc(F)cc2)c1=O. The second kappa shape index (κ2) is 5.12. The quantitative estimate of drug-likeness (QED) is 0.836. The third-order valence-corrected chi connectivity index (χ3v) is 3.06. The lowest BCUT2D eigenvalue weighted by Crippen LogP contribution is -2.24. The van der Waals surface area contributed by atoms with Crippen molar-refractivity contribution in [1.29, 1.82) is 0 Å². The highest BCUT2D eigenvalue weighted by molar-refractivity contribution is 5.68. The molecule has 0 unspecified atom stereocenters. The molecule has 2 aromatic rings. The molecule has 0 aliphatic heterocycles. The Hall–Kier alpha value is -2.70. The molecule has 0 amide bonds.